The maximum atomic E-state index is 9.28. The SMILES string of the molecule is OC(CBr)COc1ccc2c(c1)OCO2. The molecule has 2 rings (SSSR count). The van der Waals surface area contributed by atoms with Gasteiger partial charge in [0, 0.05) is 11.4 Å². The highest BCUT2D eigenvalue weighted by Crippen LogP contribution is 2.35. The van der Waals surface area contributed by atoms with Crippen LogP contribution in [0.15, 0.2) is 18.2 Å². The Morgan fingerprint density at radius 2 is 2.20 bits per heavy atom. The van der Waals surface area contributed by atoms with Crippen molar-refractivity contribution in [1.29, 1.82) is 0 Å². The van der Waals surface area contributed by atoms with E-state index in [0.717, 1.165) is 5.75 Å². The third kappa shape index (κ3) is 2.54. The molecule has 1 atom stereocenters. The Balaban J connectivity index is 1.98. The molecule has 0 saturated carbocycles. The van der Waals surface area contributed by atoms with Gasteiger partial charge in [-0.1, -0.05) is 15.9 Å². The summed E-state index contributed by atoms with van der Waals surface area (Å²) in [6.07, 6.45) is -0.504. The van der Waals surface area contributed by atoms with Crippen LogP contribution in [0.5, 0.6) is 17.2 Å². The third-order valence-electron chi connectivity index (χ3n) is 1.96. The Labute approximate surface area is 95.9 Å². The lowest BCUT2D eigenvalue weighted by atomic mass is 10.3. The first kappa shape index (κ1) is 10.6. The zero-order chi connectivity index (χ0) is 10.7. The van der Waals surface area contributed by atoms with E-state index in [2.05, 4.69) is 15.9 Å². The van der Waals surface area contributed by atoms with Crippen LogP contribution in [-0.4, -0.2) is 29.9 Å². The van der Waals surface area contributed by atoms with Crippen LogP contribution in [0.25, 0.3) is 0 Å². The molecule has 0 aliphatic carbocycles. The first-order valence-electron chi connectivity index (χ1n) is 4.56. The Morgan fingerprint density at radius 1 is 1.40 bits per heavy atom. The van der Waals surface area contributed by atoms with Crippen molar-refractivity contribution in [3.05, 3.63) is 18.2 Å². The van der Waals surface area contributed by atoms with Gasteiger partial charge < -0.3 is 19.3 Å². The average molecular weight is 275 g/mol. The van der Waals surface area contributed by atoms with Gasteiger partial charge in [0.25, 0.3) is 0 Å². The maximum absolute atomic E-state index is 9.28. The van der Waals surface area contributed by atoms with Gasteiger partial charge >= 0.3 is 0 Å². The van der Waals surface area contributed by atoms with Crippen molar-refractivity contribution < 1.29 is 19.3 Å². The van der Waals surface area contributed by atoms with Crippen LogP contribution < -0.4 is 14.2 Å². The Morgan fingerprint density at radius 3 is 3.00 bits per heavy atom. The van der Waals surface area contributed by atoms with Gasteiger partial charge in [-0.2, -0.15) is 0 Å². The van der Waals surface area contributed by atoms with Crippen molar-refractivity contribution in [3.8, 4) is 17.2 Å². The molecule has 0 saturated heterocycles. The molecule has 0 amide bonds. The summed E-state index contributed by atoms with van der Waals surface area (Å²) in [5, 5.41) is 9.78. The van der Waals surface area contributed by atoms with E-state index in [1.54, 1.807) is 18.2 Å². The van der Waals surface area contributed by atoms with E-state index in [4.69, 9.17) is 14.2 Å². The van der Waals surface area contributed by atoms with Crippen molar-refractivity contribution in [1.82, 2.24) is 0 Å². The summed E-state index contributed by atoms with van der Waals surface area (Å²) >= 11 is 3.16. The number of benzene rings is 1. The fourth-order valence-electron chi connectivity index (χ4n) is 1.20. The van der Waals surface area contributed by atoms with Gasteiger partial charge in [-0.3, -0.25) is 0 Å². The topological polar surface area (TPSA) is 47.9 Å². The van der Waals surface area contributed by atoms with E-state index in [0.29, 0.717) is 16.8 Å². The average Bonchev–Trinajstić information content (AvgIpc) is 2.72. The minimum atomic E-state index is -0.504. The van der Waals surface area contributed by atoms with Crippen molar-refractivity contribution in [2.24, 2.45) is 0 Å². The number of hydrogen-bond donors (Lipinski definition) is 1. The number of halogens is 1. The number of aliphatic hydroxyl groups is 1. The maximum Gasteiger partial charge on any atom is 0.231 e. The van der Waals surface area contributed by atoms with E-state index >= 15 is 0 Å². The monoisotopic (exact) mass is 274 g/mol. The molecule has 0 radical (unpaired) electrons. The van der Waals surface area contributed by atoms with E-state index < -0.39 is 6.10 Å². The van der Waals surface area contributed by atoms with Gasteiger partial charge in [0.2, 0.25) is 6.79 Å². The van der Waals surface area contributed by atoms with Crippen molar-refractivity contribution in [3.63, 3.8) is 0 Å². The number of alkyl halides is 1. The molecule has 0 aromatic heterocycles. The summed E-state index contributed by atoms with van der Waals surface area (Å²) in [5.74, 6) is 2.07. The molecule has 1 aliphatic heterocycles. The summed E-state index contributed by atoms with van der Waals surface area (Å²) in [6, 6.07) is 5.33. The highest BCUT2D eigenvalue weighted by Gasteiger charge is 2.14. The Bertz CT molecular complexity index is 342. The molecule has 1 aromatic rings. The quantitative estimate of drug-likeness (QED) is 0.847. The zero-order valence-corrected chi connectivity index (χ0v) is 9.57. The second kappa shape index (κ2) is 4.72. The van der Waals surface area contributed by atoms with Crippen LogP contribution in [0.4, 0.5) is 0 Å². The van der Waals surface area contributed by atoms with Gasteiger partial charge in [0.05, 0.1) is 6.10 Å². The minimum Gasteiger partial charge on any atom is -0.491 e. The first-order chi connectivity index (χ1) is 7.29. The molecule has 15 heavy (non-hydrogen) atoms. The van der Waals surface area contributed by atoms with Crippen molar-refractivity contribution >= 4 is 15.9 Å². The van der Waals surface area contributed by atoms with Gasteiger partial charge in [-0.25, -0.2) is 0 Å². The van der Waals surface area contributed by atoms with Gasteiger partial charge in [0.15, 0.2) is 11.5 Å². The van der Waals surface area contributed by atoms with Crippen molar-refractivity contribution in [2.45, 2.75) is 6.10 Å². The molecule has 5 heteroatoms. The normalized spacial score (nSPS) is 15.1. The number of ether oxygens (including phenoxy) is 3. The van der Waals surface area contributed by atoms with Gasteiger partial charge in [-0.05, 0) is 12.1 Å². The Hall–Kier alpha value is -0.940. The highest BCUT2D eigenvalue weighted by molar-refractivity contribution is 9.09. The highest BCUT2D eigenvalue weighted by atomic mass is 79.9. The fraction of sp³-hybridized carbons (Fsp3) is 0.400. The molecule has 1 aromatic carbocycles. The van der Waals surface area contributed by atoms with Crippen LogP contribution >= 0.6 is 15.9 Å². The zero-order valence-electron chi connectivity index (χ0n) is 7.98. The summed E-state index contributed by atoms with van der Waals surface area (Å²) in [6.45, 7) is 0.508. The largest absolute Gasteiger partial charge is 0.491 e. The first-order valence-corrected chi connectivity index (χ1v) is 5.68. The molecule has 1 N–H and O–H groups in total. The van der Waals surface area contributed by atoms with Crippen molar-refractivity contribution in [2.75, 3.05) is 18.7 Å². The van der Waals surface area contributed by atoms with Crippen LogP contribution in [0.3, 0.4) is 0 Å². The summed E-state index contributed by atoms with van der Waals surface area (Å²) in [5.41, 5.74) is 0. The van der Waals surface area contributed by atoms with E-state index in [9.17, 15) is 5.11 Å². The molecule has 0 spiro atoms. The van der Waals surface area contributed by atoms with E-state index in [-0.39, 0.29) is 13.4 Å². The summed E-state index contributed by atoms with van der Waals surface area (Å²) in [7, 11) is 0. The second-order valence-electron chi connectivity index (χ2n) is 3.13. The lowest BCUT2D eigenvalue weighted by molar-refractivity contribution is 0.127. The predicted octanol–water partition coefficient (Wildman–Crippen LogP) is 1.55. The van der Waals surface area contributed by atoms with Crippen LogP contribution in [0.2, 0.25) is 0 Å². The number of fused-ring (bicyclic) bond motifs is 1. The summed E-state index contributed by atoms with van der Waals surface area (Å²) in [4.78, 5) is 0. The van der Waals surface area contributed by atoms with Crippen LogP contribution in [0.1, 0.15) is 0 Å². The van der Waals surface area contributed by atoms with Gasteiger partial charge in [-0.15, -0.1) is 0 Å². The van der Waals surface area contributed by atoms with E-state index in [1.807, 2.05) is 0 Å². The minimum absolute atomic E-state index is 0.253. The molecular formula is C10H11BrO4. The van der Waals surface area contributed by atoms with E-state index in [1.165, 1.54) is 0 Å². The van der Waals surface area contributed by atoms with Crippen LogP contribution in [0, 0.1) is 0 Å². The molecular weight excluding hydrogens is 264 g/mol. The van der Waals surface area contributed by atoms with Crippen LogP contribution in [-0.2, 0) is 0 Å². The lowest BCUT2D eigenvalue weighted by Crippen LogP contribution is -2.18. The smallest absolute Gasteiger partial charge is 0.231 e. The molecule has 1 aliphatic rings. The number of rotatable bonds is 4. The molecule has 82 valence electrons. The molecule has 4 nitrogen and oxygen atoms in total. The summed E-state index contributed by atoms with van der Waals surface area (Å²) < 4.78 is 15.7. The molecule has 0 fully saturated rings. The molecule has 1 unspecified atom stereocenters. The fourth-order valence-corrected chi connectivity index (χ4v) is 1.39. The molecule has 0 bridgehead atoms. The number of hydrogen-bond acceptors (Lipinski definition) is 4. The standard InChI is InChI=1S/C10H11BrO4/c11-4-7(12)5-13-8-1-2-9-10(3-8)15-6-14-9/h1-3,7,12H,4-6H2. The molecule has 1 heterocycles. The predicted molar refractivity (Wildman–Crippen MR) is 57.9 cm³/mol. The third-order valence-corrected chi connectivity index (χ3v) is 2.71. The second-order valence-corrected chi connectivity index (χ2v) is 3.78. The number of aliphatic hydroxyl groups excluding tert-OH is 1. The Kier molecular flexibility index (Phi) is 3.33. The van der Waals surface area contributed by atoms with Gasteiger partial charge in [0.1, 0.15) is 12.4 Å². The lowest BCUT2D eigenvalue weighted by Gasteiger charge is -2.09.